The maximum Gasteiger partial charge on any atom is 0.312 e. The smallest absolute Gasteiger partial charge is 0.312 e. The Morgan fingerprint density at radius 1 is 1.43 bits per heavy atom. The fourth-order valence-corrected chi connectivity index (χ4v) is 2.82. The summed E-state index contributed by atoms with van der Waals surface area (Å²) in [5, 5.41) is 12.6. The number of carbonyl (C=O) groups excluding carboxylic acids is 1. The highest BCUT2D eigenvalue weighted by molar-refractivity contribution is 5.81. The SMILES string of the molecule is CCNC(C)CC(=O)N1Cc2ccccc2C(C(=O)O)C1. The van der Waals surface area contributed by atoms with Crippen LogP contribution < -0.4 is 5.32 Å². The molecule has 1 amide bonds. The minimum Gasteiger partial charge on any atom is -0.481 e. The number of fused-ring (bicyclic) bond motifs is 1. The van der Waals surface area contributed by atoms with Crippen molar-refractivity contribution in [2.24, 2.45) is 0 Å². The van der Waals surface area contributed by atoms with Crippen LogP contribution in [-0.4, -0.2) is 41.0 Å². The second-order valence-electron chi connectivity index (χ2n) is 5.53. The van der Waals surface area contributed by atoms with Crippen LogP contribution in [0.5, 0.6) is 0 Å². The van der Waals surface area contributed by atoms with E-state index in [9.17, 15) is 14.7 Å². The number of amides is 1. The molecular formula is C16H22N2O3. The van der Waals surface area contributed by atoms with Gasteiger partial charge < -0.3 is 15.3 Å². The van der Waals surface area contributed by atoms with Gasteiger partial charge in [-0.2, -0.15) is 0 Å². The second kappa shape index (κ2) is 6.72. The Hall–Kier alpha value is -1.88. The molecule has 0 spiro atoms. The molecule has 0 bridgehead atoms. The fraction of sp³-hybridized carbons (Fsp3) is 0.500. The van der Waals surface area contributed by atoms with Crippen molar-refractivity contribution in [3.05, 3.63) is 35.4 Å². The molecule has 0 radical (unpaired) electrons. The van der Waals surface area contributed by atoms with Crippen molar-refractivity contribution in [1.82, 2.24) is 10.2 Å². The first kappa shape index (κ1) is 15.5. The molecule has 2 atom stereocenters. The Labute approximate surface area is 125 Å². The van der Waals surface area contributed by atoms with Gasteiger partial charge >= 0.3 is 5.97 Å². The molecule has 0 aliphatic carbocycles. The van der Waals surface area contributed by atoms with Gasteiger partial charge in [-0.15, -0.1) is 0 Å². The van der Waals surface area contributed by atoms with Crippen molar-refractivity contribution in [1.29, 1.82) is 0 Å². The summed E-state index contributed by atoms with van der Waals surface area (Å²) in [4.78, 5) is 25.5. The molecule has 1 aromatic carbocycles. The van der Waals surface area contributed by atoms with Crippen LogP contribution in [0.4, 0.5) is 0 Å². The van der Waals surface area contributed by atoms with E-state index in [4.69, 9.17) is 0 Å². The predicted molar refractivity (Wildman–Crippen MR) is 80.0 cm³/mol. The average molecular weight is 290 g/mol. The topological polar surface area (TPSA) is 69.6 Å². The highest BCUT2D eigenvalue weighted by atomic mass is 16.4. The van der Waals surface area contributed by atoms with E-state index in [2.05, 4.69) is 5.32 Å². The van der Waals surface area contributed by atoms with Gasteiger partial charge in [0.05, 0.1) is 5.92 Å². The quantitative estimate of drug-likeness (QED) is 0.864. The van der Waals surface area contributed by atoms with Gasteiger partial charge in [0, 0.05) is 25.6 Å². The van der Waals surface area contributed by atoms with Crippen LogP contribution in [0.15, 0.2) is 24.3 Å². The predicted octanol–water partition coefficient (Wildman–Crippen LogP) is 1.59. The van der Waals surface area contributed by atoms with E-state index in [1.165, 1.54) is 0 Å². The molecule has 0 aromatic heterocycles. The van der Waals surface area contributed by atoms with Gasteiger partial charge in [-0.25, -0.2) is 0 Å². The Morgan fingerprint density at radius 2 is 2.14 bits per heavy atom. The van der Waals surface area contributed by atoms with Gasteiger partial charge in [0.1, 0.15) is 0 Å². The zero-order valence-corrected chi connectivity index (χ0v) is 12.5. The van der Waals surface area contributed by atoms with E-state index in [0.29, 0.717) is 13.0 Å². The van der Waals surface area contributed by atoms with Gasteiger partial charge in [0.15, 0.2) is 0 Å². The summed E-state index contributed by atoms with van der Waals surface area (Å²) in [6, 6.07) is 7.57. The normalized spacial score (nSPS) is 19.0. The number of hydrogen-bond donors (Lipinski definition) is 2. The lowest BCUT2D eigenvalue weighted by Crippen LogP contribution is -2.42. The number of carbonyl (C=O) groups is 2. The third kappa shape index (κ3) is 3.61. The number of nitrogens with zero attached hydrogens (tertiary/aromatic N) is 1. The molecule has 2 unspecified atom stereocenters. The average Bonchev–Trinajstić information content (AvgIpc) is 2.46. The van der Waals surface area contributed by atoms with Gasteiger partial charge in [0.25, 0.3) is 0 Å². The molecule has 0 saturated carbocycles. The van der Waals surface area contributed by atoms with Crippen LogP contribution in [0, 0.1) is 0 Å². The monoisotopic (exact) mass is 290 g/mol. The molecule has 2 N–H and O–H groups in total. The molecule has 21 heavy (non-hydrogen) atoms. The van der Waals surface area contributed by atoms with Crippen LogP contribution in [-0.2, 0) is 16.1 Å². The largest absolute Gasteiger partial charge is 0.481 e. The molecule has 0 fully saturated rings. The van der Waals surface area contributed by atoms with Crippen LogP contribution in [0.2, 0.25) is 0 Å². The molecule has 5 nitrogen and oxygen atoms in total. The molecular weight excluding hydrogens is 268 g/mol. The third-order valence-electron chi connectivity index (χ3n) is 3.88. The number of carboxylic acids is 1. The number of benzene rings is 1. The summed E-state index contributed by atoms with van der Waals surface area (Å²) >= 11 is 0. The highest BCUT2D eigenvalue weighted by Crippen LogP contribution is 2.28. The van der Waals surface area contributed by atoms with E-state index in [-0.39, 0.29) is 18.5 Å². The first-order chi connectivity index (χ1) is 10.0. The van der Waals surface area contributed by atoms with Crippen LogP contribution in [0.1, 0.15) is 37.3 Å². The summed E-state index contributed by atoms with van der Waals surface area (Å²) in [5.74, 6) is -1.50. The highest BCUT2D eigenvalue weighted by Gasteiger charge is 2.32. The lowest BCUT2D eigenvalue weighted by atomic mass is 9.89. The molecule has 114 valence electrons. The Bertz CT molecular complexity index is 530. The summed E-state index contributed by atoms with van der Waals surface area (Å²) < 4.78 is 0. The molecule has 1 aliphatic rings. The lowest BCUT2D eigenvalue weighted by molar-refractivity contribution is -0.141. The molecule has 1 aliphatic heterocycles. The first-order valence-corrected chi connectivity index (χ1v) is 7.34. The summed E-state index contributed by atoms with van der Waals surface area (Å²) in [6.07, 6.45) is 0.391. The second-order valence-corrected chi connectivity index (χ2v) is 5.53. The van der Waals surface area contributed by atoms with E-state index >= 15 is 0 Å². The molecule has 1 heterocycles. The molecule has 5 heteroatoms. The molecule has 2 rings (SSSR count). The van der Waals surface area contributed by atoms with Crippen molar-refractivity contribution < 1.29 is 14.7 Å². The number of hydrogen-bond acceptors (Lipinski definition) is 3. The zero-order chi connectivity index (χ0) is 15.4. The van der Waals surface area contributed by atoms with Crippen molar-refractivity contribution in [3.8, 4) is 0 Å². The van der Waals surface area contributed by atoms with Gasteiger partial charge in [0.2, 0.25) is 5.91 Å². The maximum absolute atomic E-state index is 12.4. The maximum atomic E-state index is 12.4. The summed E-state index contributed by atoms with van der Waals surface area (Å²) in [7, 11) is 0. The number of nitrogens with one attached hydrogen (secondary N) is 1. The summed E-state index contributed by atoms with van der Waals surface area (Å²) in [6.45, 7) is 5.53. The van der Waals surface area contributed by atoms with Crippen LogP contribution >= 0.6 is 0 Å². The van der Waals surface area contributed by atoms with E-state index < -0.39 is 11.9 Å². The van der Waals surface area contributed by atoms with E-state index in [1.807, 2.05) is 38.1 Å². The van der Waals surface area contributed by atoms with Crippen molar-refractivity contribution in [2.75, 3.05) is 13.1 Å². The van der Waals surface area contributed by atoms with Gasteiger partial charge in [-0.3, -0.25) is 9.59 Å². The van der Waals surface area contributed by atoms with E-state index in [1.54, 1.807) is 4.90 Å². The first-order valence-electron chi connectivity index (χ1n) is 7.34. The number of aliphatic carboxylic acids is 1. The molecule has 0 saturated heterocycles. The third-order valence-corrected chi connectivity index (χ3v) is 3.88. The van der Waals surface area contributed by atoms with Crippen LogP contribution in [0.3, 0.4) is 0 Å². The Morgan fingerprint density at radius 3 is 2.81 bits per heavy atom. The number of carboxylic acid groups (broad SMARTS) is 1. The standard InChI is InChI=1S/C16H22N2O3/c1-3-17-11(2)8-15(19)18-9-12-6-4-5-7-13(12)14(10-18)16(20)21/h4-7,11,14,17H,3,8-10H2,1-2H3,(H,20,21). The minimum atomic E-state index is -0.875. The zero-order valence-electron chi connectivity index (χ0n) is 12.5. The Balaban J connectivity index is 2.14. The molecule has 1 aromatic rings. The fourth-order valence-electron chi connectivity index (χ4n) is 2.82. The van der Waals surface area contributed by atoms with Crippen molar-refractivity contribution in [3.63, 3.8) is 0 Å². The minimum absolute atomic E-state index is 0.00389. The summed E-state index contributed by atoms with van der Waals surface area (Å²) in [5.41, 5.74) is 1.76. The van der Waals surface area contributed by atoms with Gasteiger partial charge in [-0.05, 0) is 24.6 Å². The van der Waals surface area contributed by atoms with Crippen molar-refractivity contribution >= 4 is 11.9 Å². The van der Waals surface area contributed by atoms with Crippen molar-refractivity contribution in [2.45, 2.75) is 38.8 Å². The lowest BCUT2D eigenvalue weighted by Gasteiger charge is -2.33. The van der Waals surface area contributed by atoms with Crippen LogP contribution in [0.25, 0.3) is 0 Å². The van der Waals surface area contributed by atoms with Gasteiger partial charge in [-0.1, -0.05) is 31.2 Å². The Kier molecular flexibility index (Phi) is 4.96. The number of rotatable bonds is 5. The van der Waals surface area contributed by atoms with E-state index in [0.717, 1.165) is 17.7 Å².